The van der Waals surface area contributed by atoms with Crippen LogP contribution in [-0.4, -0.2) is 30.8 Å². The minimum Gasteiger partial charge on any atom is -0.376 e. The molecule has 0 radical (unpaired) electrons. The van der Waals surface area contributed by atoms with Gasteiger partial charge in [0.25, 0.3) is 11.8 Å². The lowest BCUT2D eigenvalue weighted by Crippen LogP contribution is -2.48. The Morgan fingerprint density at radius 2 is 1.75 bits per heavy atom. The summed E-state index contributed by atoms with van der Waals surface area (Å²) in [6.45, 7) is 2.41. The molecule has 8 heteroatoms. The minimum atomic E-state index is -0.832. The zero-order valence-corrected chi connectivity index (χ0v) is 16.1. The van der Waals surface area contributed by atoms with Crippen LogP contribution in [0.3, 0.4) is 0 Å². The van der Waals surface area contributed by atoms with E-state index >= 15 is 0 Å². The topological polar surface area (TPSA) is 90.5 Å². The summed E-state index contributed by atoms with van der Waals surface area (Å²) >= 11 is 5.86. The van der Waals surface area contributed by atoms with Gasteiger partial charge in [-0.15, -0.1) is 0 Å². The Hall–Kier alpha value is -3.06. The van der Waals surface area contributed by atoms with Crippen LogP contribution >= 0.6 is 11.6 Å². The molecule has 0 aliphatic carbocycles. The van der Waals surface area contributed by atoms with Gasteiger partial charge in [-0.1, -0.05) is 29.3 Å². The Balaban J connectivity index is 1.46. The molecule has 2 aromatic rings. The van der Waals surface area contributed by atoms with Gasteiger partial charge in [-0.25, -0.2) is 0 Å². The van der Waals surface area contributed by atoms with Crippen LogP contribution in [0.5, 0.6) is 0 Å². The van der Waals surface area contributed by atoms with Gasteiger partial charge in [0.2, 0.25) is 5.91 Å². The molecule has 1 saturated heterocycles. The van der Waals surface area contributed by atoms with Gasteiger partial charge in [0.1, 0.15) is 5.92 Å². The van der Waals surface area contributed by atoms with Crippen LogP contribution < -0.4 is 21.1 Å². The first-order valence-electron chi connectivity index (χ1n) is 8.90. The second-order valence-electron chi connectivity index (χ2n) is 6.56. The molecule has 1 heterocycles. The third-order valence-electron chi connectivity index (χ3n) is 4.49. The van der Waals surface area contributed by atoms with Crippen LogP contribution in [0.4, 0.5) is 11.4 Å². The number of amides is 3. The number of aryl methyl sites for hydroxylation is 1. The molecule has 7 nitrogen and oxygen atoms in total. The van der Waals surface area contributed by atoms with Gasteiger partial charge in [-0.3, -0.25) is 25.2 Å². The van der Waals surface area contributed by atoms with E-state index in [1.165, 1.54) is 0 Å². The van der Waals surface area contributed by atoms with Crippen molar-refractivity contribution in [3.8, 4) is 0 Å². The summed E-state index contributed by atoms with van der Waals surface area (Å²) in [6.07, 6.45) is 0.380. The highest BCUT2D eigenvalue weighted by Gasteiger charge is 2.37. The van der Waals surface area contributed by atoms with Gasteiger partial charge in [0, 0.05) is 22.9 Å². The molecule has 1 fully saturated rings. The van der Waals surface area contributed by atoms with Crippen molar-refractivity contribution < 1.29 is 14.4 Å². The molecule has 3 N–H and O–H groups in total. The van der Waals surface area contributed by atoms with E-state index in [-0.39, 0.29) is 12.5 Å². The fraction of sp³-hybridized carbons (Fsp3) is 0.250. The summed E-state index contributed by atoms with van der Waals surface area (Å²) in [6, 6.07) is 14.4. The Labute approximate surface area is 168 Å². The van der Waals surface area contributed by atoms with Gasteiger partial charge in [-0.2, -0.15) is 0 Å². The smallest absolute Gasteiger partial charge is 0.257 e. The number of carbonyl (C=O) groups is 3. The maximum absolute atomic E-state index is 12.5. The van der Waals surface area contributed by atoms with Crippen LogP contribution in [0, 0.1) is 12.8 Å². The average molecular weight is 401 g/mol. The van der Waals surface area contributed by atoms with E-state index in [9.17, 15) is 14.4 Å². The molecule has 1 aliphatic rings. The van der Waals surface area contributed by atoms with Crippen molar-refractivity contribution in [1.82, 2.24) is 10.9 Å². The summed E-state index contributed by atoms with van der Waals surface area (Å²) in [7, 11) is 0. The van der Waals surface area contributed by atoms with Crippen molar-refractivity contribution in [3.05, 3.63) is 59.1 Å². The predicted octanol–water partition coefficient (Wildman–Crippen LogP) is 2.26. The van der Waals surface area contributed by atoms with Gasteiger partial charge in [-0.05, 0) is 49.7 Å². The number of benzene rings is 2. The fourth-order valence-corrected chi connectivity index (χ4v) is 3.04. The number of hydrazine groups is 1. The fourth-order valence-electron chi connectivity index (χ4n) is 2.92. The van der Waals surface area contributed by atoms with Crippen LogP contribution in [0.15, 0.2) is 48.5 Å². The molecular weight excluding hydrogens is 380 g/mol. The van der Waals surface area contributed by atoms with E-state index in [1.807, 2.05) is 31.2 Å². The van der Waals surface area contributed by atoms with E-state index in [2.05, 4.69) is 16.2 Å². The van der Waals surface area contributed by atoms with Crippen LogP contribution in [0.1, 0.15) is 12.0 Å². The first-order chi connectivity index (χ1) is 13.4. The second kappa shape index (κ2) is 8.75. The SMILES string of the molecule is Cc1ccc(NCC(=O)NNC(=O)C2CCN(c3ccc(Cl)cc3)C2=O)cc1. The van der Waals surface area contributed by atoms with Gasteiger partial charge < -0.3 is 10.2 Å². The zero-order chi connectivity index (χ0) is 20.1. The molecule has 3 rings (SSSR count). The number of carbonyl (C=O) groups excluding carboxylic acids is 3. The number of halogens is 1. The number of hydrogen-bond donors (Lipinski definition) is 3. The Bertz CT molecular complexity index is 868. The molecule has 28 heavy (non-hydrogen) atoms. The Morgan fingerprint density at radius 3 is 2.43 bits per heavy atom. The van der Waals surface area contributed by atoms with E-state index < -0.39 is 17.7 Å². The molecule has 1 unspecified atom stereocenters. The summed E-state index contributed by atoms with van der Waals surface area (Å²) in [5.74, 6) is -2.06. The molecule has 2 aromatic carbocycles. The lowest BCUT2D eigenvalue weighted by molar-refractivity contribution is -0.135. The summed E-state index contributed by atoms with van der Waals surface area (Å²) in [4.78, 5) is 38.3. The normalized spacial score (nSPS) is 16.0. The quantitative estimate of drug-likeness (QED) is 0.530. The molecule has 1 aliphatic heterocycles. The molecule has 0 bridgehead atoms. The van der Waals surface area contributed by atoms with Crippen molar-refractivity contribution in [2.75, 3.05) is 23.3 Å². The highest BCUT2D eigenvalue weighted by atomic mass is 35.5. The summed E-state index contributed by atoms with van der Waals surface area (Å²) < 4.78 is 0. The molecule has 0 saturated carbocycles. The first kappa shape index (κ1) is 19.7. The number of anilines is 2. The van der Waals surface area contributed by atoms with Gasteiger partial charge >= 0.3 is 0 Å². The molecule has 146 valence electrons. The molecule has 3 amide bonds. The Morgan fingerprint density at radius 1 is 1.07 bits per heavy atom. The van der Waals surface area contributed by atoms with Gasteiger partial charge in [0.15, 0.2) is 0 Å². The summed E-state index contributed by atoms with van der Waals surface area (Å²) in [5.41, 5.74) is 7.28. The van der Waals surface area contributed by atoms with E-state index in [0.29, 0.717) is 23.7 Å². The maximum Gasteiger partial charge on any atom is 0.257 e. The number of nitrogens with zero attached hydrogens (tertiary/aromatic N) is 1. The highest BCUT2D eigenvalue weighted by molar-refractivity contribution is 6.30. The van der Waals surface area contributed by atoms with Crippen molar-refractivity contribution >= 4 is 40.7 Å². The van der Waals surface area contributed by atoms with Gasteiger partial charge in [0.05, 0.1) is 6.54 Å². The standard InChI is InChI=1S/C20H21ClN4O3/c1-13-2-6-15(7-3-13)22-12-18(26)23-24-19(27)17-10-11-25(20(17)28)16-8-4-14(21)5-9-16/h2-9,17,22H,10-12H2,1H3,(H,23,26)(H,24,27). The van der Waals surface area contributed by atoms with Crippen LogP contribution in [0.2, 0.25) is 5.02 Å². The third kappa shape index (κ3) is 4.80. The van der Waals surface area contributed by atoms with Crippen molar-refractivity contribution in [1.29, 1.82) is 0 Å². The molecule has 0 aromatic heterocycles. The molecular formula is C20H21ClN4O3. The predicted molar refractivity (Wildman–Crippen MR) is 108 cm³/mol. The van der Waals surface area contributed by atoms with E-state index in [4.69, 9.17) is 11.6 Å². The Kier molecular flexibility index (Phi) is 6.16. The second-order valence-corrected chi connectivity index (χ2v) is 7.00. The largest absolute Gasteiger partial charge is 0.376 e. The highest BCUT2D eigenvalue weighted by Crippen LogP contribution is 2.26. The minimum absolute atomic E-state index is 0.00114. The maximum atomic E-state index is 12.5. The molecule has 0 spiro atoms. The van der Waals surface area contributed by atoms with Crippen LogP contribution in [-0.2, 0) is 14.4 Å². The van der Waals surface area contributed by atoms with E-state index in [1.54, 1.807) is 29.2 Å². The third-order valence-corrected chi connectivity index (χ3v) is 4.74. The lowest BCUT2D eigenvalue weighted by Gasteiger charge is -2.17. The number of hydrogen-bond acceptors (Lipinski definition) is 4. The lowest BCUT2D eigenvalue weighted by atomic mass is 10.1. The van der Waals surface area contributed by atoms with Crippen molar-refractivity contribution in [2.24, 2.45) is 5.92 Å². The number of rotatable bonds is 5. The van der Waals surface area contributed by atoms with Crippen molar-refractivity contribution in [3.63, 3.8) is 0 Å². The number of nitrogens with one attached hydrogen (secondary N) is 3. The van der Waals surface area contributed by atoms with Crippen LogP contribution in [0.25, 0.3) is 0 Å². The average Bonchev–Trinajstić information content (AvgIpc) is 3.08. The van der Waals surface area contributed by atoms with E-state index in [0.717, 1.165) is 11.3 Å². The summed E-state index contributed by atoms with van der Waals surface area (Å²) in [5, 5.41) is 3.53. The molecule has 1 atom stereocenters. The monoisotopic (exact) mass is 400 g/mol. The first-order valence-corrected chi connectivity index (χ1v) is 9.28. The zero-order valence-electron chi connectivity index (χ0n) is 15.4. The van der Waals surface area contributed by atoms with Crippen molar-refractivity contribution in [2.45, 2.75) is 13.3 Å².